The Morgan fingerprint density at radius 3 is 2.52 bits per heavy atom. The lowest BCUT2D eigenvalue weighted by Gasteiger charge is -2.12. The lowest BCUT2D eigenvalue weighted by molar-refractivity contribution is 0.322. The summed E-state index contributed by atoms with van der Waals surface area (Å²) >= 11 is 0. The molecule has 0 spiro atoms. The zero-order chi connectivity index (χ0) is 18.7. The summed E-state index contributed by atoms with van der Waals surface area (Å²) in [5.41, 5.74) is 1.04. The van der Waals surface area contributed by atoms with E-state index in [1.54, 1.807) is 25.3 Å². The molecule has 0 atom stereocenters. The average Bonchev–Trinajstić information content (AvgIpc) is 2.53. The Balaban J connectivity index is 2.32. The lowest BCUT2D eigenvalue weighted by atomic mass is 10.2. The average molecular weight is 384 g/mol. The highest BCUT2D eigenvalue weighted by Gasteiger charge is 2.20. The Morgan fingerprint density at radius 2 is 1.88 bits per heavy atom. The summed E-state index contributed by atoms with van der Waals surface area (Å²) in [6.45, 7) is 3.80. The maximum Gasteiger partial charge on any atom is 0.241 e. The highest BCUT2D eigenvalue weighted by Crippen LogP contribution is 2.21. The molecule has 0 saturated carbocycles. The van der Waals surface area contributed by atoms with Crippen molar-refractivity contribution >= 4 is 19.9 Å². The standard InChI is InChI=1S/C16H20N2O5S2/c1-4-23-16-13(6-5-9-17-16)11-18-25(21,22)15-10-14(24(3,19)20)8-7-12(15)2/h5-10,18H,4,11H2,1-3H3. The van der Waals surface area contributed by atoms with Crippen molar-refractivity contribution in [3.63, 3.8) is 0 Å². The second-order valence-corrected chi connectivity index (χ2v) is 9.18. The van der Waals surface area contributed by atoms with E-state index < -0.39 is 19.9 Å². The summed E-state index contributed by atoms with van der Waals surface area (Å²) in [7, 11) is -7.41. The molecule has 136 valence electrons. The number of hydrogen-bond acceptors (Lipinski definition) is 6. The molecule has 1 aromatic carbocycles. The normalized spacial score (nSPS) is 12.1. The molecule has 9 heteroatoms. The van der Waals surface area contributed by atoms with Gasteiger partial charge in [-0.25, -0.2) is 26.5 Å². The van der Waals surface area contributed by atoms with E-state index in [1.165, 1.54) is 18.2 Å². The van der Waals surface area contributed by atoms with E-state index in [2.05, 4.69) is 9.71 Å². The zero-order valence-corrected chi connectivity index (χ0v) is 15.8. The molecule has 2 rings (SSSR count). The third-order valence-corrected chi connectivity index (χ3v) is 6.11. The Hall–Kier alpha value is -1.97. The van der Waals surface area contributed by atoms with Crippen molar-refractivity contribution in [1.82, 2.24) is 9.71 Å². The molecule has 0 aliphatic heterocycles. The third kappa shape index (κ3) is 4.77. The SMILES string of the molecule is CCOc1ncccc1CNS(=O)(=O)c1cc(S(C)(=O)=O)ccc1C. The largest absolute Gasteiger partial charge is 0.478 e. The van der Waals surface area contributed by atoms with Crippen molar-refractivity contribution in [3.05, 3.63) is 47.7 Å². The first kappa shape index (κ1) is 19.4. The van der Waals surface area contributed by atoms with Gasteiger partial charge < -0.3 is 4.74 Å². The number of sulfone groups is 1. The fourth-order valence-corrected chi connectivity index (χ4v) is 4.17. The monoisotopic (exact) mass is 384 g/mol. The zero-order valence-electron chi connectivity index (χ0n) is 14.2. The second kappa shape index (κ2) is 7.51. The molecule has 1 aromatic heterocycles. The number of nitrogens with one attached hydrogen (secondary N) is 1. The summed E-state index contributed by atoms with van der Waals surface area (Å²) < 4.78 is 56.4. The summed E-state index contributed by atoms with van der Waals surface area (Å²) in [6, 6.07) is 7.42. The van der Waals surface area contributed by atoms with Gasteiger partial charge in [0.2, 0.25) is 15.9 Å². The maximum atomic E-state index is 12.6. The van der Waals surface area contributed by atoms with Crippen molar-refractivity contribution < 1.29 is 21.6 Å². The summed E-state index contributed by atoms with van der Waals surface area (Å²) in [4.78, 5) is 3.95. The lowest BCUT2D eigenvalue weighted by Crippen LogP contribution is -2.24. The number of sulfonamides is 1. The van der Waals surface area contributed by atoms with Crippen molar-refractivity contribution in [2.45, 2.75) is 30.2 Å². The van der Waals surface area contributed by atoms with Crippen LogP contribution < -0.4 is 9.46 Å². The van der Waals surface area contributed by atoms with E-state index in [9.17, 15) is 16.8 Å². The molecular formula is C16H20N2O5S2. The van der Waals surface area contributed by atoms with E-state index in [0.29, 0.717) is 23.6 Å². The van der Waals surface area contributed by atoms with Gasteiger partial charge in [0.1, 0.15) is 0 Å². The van der Waals surface area contributed by atoms with E-state index in [-0.39, 0.29) is 16.3 Å². The maximum absolute atomic E-state index is 12.6. The van der Waals surface area contributed by atoms with Crippen LogP contribution in [-0.2, 0) is 26.4 Å². The summed E-state index contributed by atoms with van der Waals surface area (Å²) in [5.74, 6) is 0.356. The van der Waals surface area contributed by atoms with E-state index in [1.807, 2.05) is 6.92 Å². The molecule has 7 nitrogen and oxygen atoms in total. The molecule has 0 bridgehead atoms. The predicted molar refractivity (Wildman–Crippen MR) is 93.7 cm³/mol. The Kier molecular flexibility index (Phi) is 5.81. The number of pyridine rings is 1. The van der Waals surface area contributed by atoms with Crippen LogP contribution in [0, 0.1) is 6.92 Å². The van der Waals surface area contributed by atoms with Crippen molar-refractivity contribution in [1.29, 1.82) is 0 Å². The first-order chi connectivity index (χ1) is 11.6. The summed E-state index contributed by atoms with van der Waals surface area (Å²) in [6.07, 6.45) is 2.59. The second-order valence-electron chi connectivity index (χ2n) is 5.42. The summed E-state index contributed by atoms with van der Waals surface area (Å²) in [5, 5.41) is 0. The molecule has 0 aliphatic rings. The van der Waals surface area contributed by atoms with E-state index in [0.717, 1.165) is 6.26 Å². The van der Waals surface area contributed by atoms with Crippen LogP contribution >= 0.6 is 0 Å². The van der Waals surface area contributed by atoms with Crippen LogP contribution in [0.3, 0.4) is 0 Å². The minimum Gasteiger partial charge on any atom is -0.478 e. The van der Waals surface area contributed by atoms with E-state index in [4.69, 9.17) is 4.74 Å². The number of hydrogen-bond donors (Lipinski definition) is 1. The molecule has 1 N–H and O–H groups in total. The highest BCUT2D eigenvalue weighted by atomic mass is 32.2. The molecule has 0 saturated heterocycles. The Morgan fingerprint density at radius 1 is 1.16 bits per heavy atom. The fourth-order valence-electron chi connectivity index (χ4n) is 2.18. The molecule has 0 amide bonds. The van der Waals surface area contributed by atoms with Gasteiger partial charge in [-0.1, -0.05) is 12.1 Å². The van der Waals surface area contributed by atoms with Crippen LogP contribution in [0.15, 0.2) is 46.3 Å². The van der Waals surface area contributed by atoms with Gasteiger partial charge in [0.15, 0.2) is 9.84 Å². The topological polar surface area (TPSA) is 102 Å². The van der Waals surface area contributed by atoms with Crippen LogP contribution in [0.25, 0.3) is 0 Å². The number of rotatable bonds is 7. The van der Waals surface area contributed by atoms with Gasteiger partial charge in [-0.2, -0.15) is 0 Å². The van der Waals surface area contributed by atoms with Gasteiger partial charge in [0, 0.05) is 24.6 Å². The molecule has 0 radical (unpaired) electrons. The van der Waals surface area contributed by atoms with Crippen molar-refractivity contribution in [2.75, 3.05) is 12.9 Å². The number of ether oxygens (including phenoxy) is 1. The van der Waals surface area contributed by atoms with Gasteiger partial charge in [-0.3, -0.25) is 0 Å². The number of aryl methyl sites for hydroxylation is 1. The number of benzene rings is 1. The van der Waals surface area contributed by atoms with Crippen LogP contribution in [0.4, 0.5) is 0 Å². The van der Waals surface area contributed by atoms with Gasteiger partial charge >= 0.3 is 0 Å². The fraction of sp³-hybridized carbons (Fsp3) is 0.312. The van der Waals surface area contributed by atoms with Gasteiger partial charge in [-0.05, 0) is 37.6 Å². The molecule has 25 heavy (non-hydrogen) atoms. The molecule has 0 unspecified atom stereocenters. The van der Waals surface area contributed by atoms with Crippen molar-refractivity contribution in [2.24, 2.45) is 0 Å². The predicted octanol–water partition coefficient (Wildman–Crippen LogP) is 1.67. The molecule has 0 fully saturated rings. The first-order valence-corrected chi connectivity index (χ1v) is 10.9. The van der Waals surface area contributed by atoms with Crippen molar-refractivity contribution in [3.8, 4) is 5.88 Å². The smallest absolute Gasteiger partial charge is 0.241 e. The van der Waals surface area contributed by atoms with E-state index >= 15 is 0 Å². The minimum absolute atomic E-state index is 0.0198. The highest BCUT2D eigenvalue weighted by molar-refractivity contribution is 7.91. The molecular weight excluding hydrogens is 364 g/mol. The molecule has 2 aromatic rings. The van der Waals surface area contributed by atoms with Crippen LogP contribution in [0.1, 0.15) is 18.1 Å². The molecule has 0 aliphatic carbocycles. The van der Waals surface area contributed by atoms with Crippen LogP contribution in [0.5, 0.6) is 5.88 Å². The van der Waals surface area contributed by atoms with Gasteiger partial charge in [0.25, 0.3) is 0 Å². The number of aromatic nitrogens is 1. The quantitative estimate of drug-likeness (QED) is 0.779. The van der Waals surface area contributed by atoms with Gasteiger partial charge in [0.05, 0.1) is 16.4 Å². The Labute approximate surface area is 148 Å². The number of nitrogens with zero attached hydrogens (tertiary/aromatic N) is 1. The molecule has 1 heterocycles. The van der Waals surface area contributed by atoms with Crippen LogP contribution in [0.2, 0.25) is 0 Å². The Bertz CT molecular complexity index is 970. The third-order valence-electron chi connectivity index (χ3n) is 3.46. The van der Waals surface area contributed by atoms with Gasteiger partial charge in [-0.15, -0.1) is 0 Å². The van der Waals surface area contributed by atoms with Crippen LogP contribution in [-0.4, -0.2) is 34.7 Å². The minimum atomic E-state index is -3.90. The first-order valence-electron chi connectivity index (χ1n) is 7.52.